The molecule has 3 heteroatoms. The first-order valence-electron chi connectivity index (χ1n) is 3.55. The fraction of sp³-hybridized carbons (Fsp3) is 0.429. The highest BCUT2D eigenvalue weighted by Crippen LogP contribution is 2.21. The summed E-state index contributed by atoms with van der Waals surface area (Å²) in [7, 11) is 0. The normalized spacial score (nSPS) is 23.8. The number of nitrogens with one attached hydrogen (secondary N) is 1. The Kier molecular flexibility index (Phi) is 1.17. The van der Waals surface area contributed by atoms with Crippen LogP contribution in [-0.2, 0) is 0 Å². The standard InChI is InChI=1S/C7H11N3/c8-6-2-1-5-10-7(6)3-4-9-10/h1,5,9H,2-4,8H2. The third-order valence-corrected chi connectivity index (χ3v) is 1.90. The first kappa shape index (κ1) is 5.80. The Hall–Kier alpha value is -0.960. The van der Waals surface area contributed by atoms with Gasteiger partial charge >= 0.3 is 0 Å². The van der Waals surface area contributed by atoms with E-state index in [1.165, 1.54) is 5.70 Å². The molecule has 2 heterocycles. The number of rotatable bonds is 0. The highest BCUT2D eigenvalue weighted by atomic mass is 15.5. The molecular weight excluding hydrogens is 126 g/mol. The minimum absolute atomic E-state index is 0.910. The van der Waals surface area contributed by atoms with Gasteiger partial charge in [0.25, 0.3) is 0 Å². The minimum Gasteiger partial charge on any atom is -0.400 e. The quantitative estimate of drug-likeness (QED) is 0.504. The molecule has 54 valence electrons. The predicted octanol–water partition coefficient (Wildman–Crippen LogP) is 0.284. The Morgan fingerprint density at radius 1 is 1.60 bits per heavy atom. The third-order valence-electron chi connectivity index (χ3n) is 1.90. The lowest BCUT2D eigenvalue weighted by Crippen LogP contribution is -2.27. The fourth-order valence-electron chi connectivity index (χ4n) is 1.37. The van der Waals surface area contributed by atoms with Crippen LogP contribution in [0.1, 0.15) is 12.8 Å². The molecule has 10 heavy (non-hydrogen) atoms. The van der Waals surface area contributed by atoms with Crippen LogP contribution in [0.25, 0.3) is 0 Å². The van der Waals surface area contributed by atoms with Gasteiger partial charge < -0.3 is 5.73 Å². The van der Waals surface area contributed by atoms with Crippen LogP contribution < -0.4 is 11.2 Å². The molecule has 0 saturated carbocycles. The molecule has 0 aromatic heterocycles. The highest BCUT2D eigenvalue weighted by molar-refractivity contribution is 5.21. The maximum absolute atomic E-state index is 5.77. The maximum atomic E-state index is 5.77. The average Bonchev–Trinajstić information content (AvgIpc) is 2.36. The molecule has 0 spiro atoms. The van der Waals surface area contributed by atoms with Gasteiger partial charge in [0, 0.05) is 31.3 Å². The summed E-state index contributed by atoms with van der Waals surface area (Å²) in [5.74, 6) is 0. The van der Waals surface area contributed by atoms with Crippen LogP contribution >= 0.6 is 0 Å². The number of fused-ring (bicyclic) bond motifs is 1. The van der Waals surface area contributed by atoms with Gasteiger partial charge in [0.15, 0.2) is 0 Å². The predicted molar refractivity (Wildman–Crippen MR) is 39.4 cm³/mol. The van der Waals surface area contributed by atoms with Gasteiger partial charge in [0.1, 0.15) is 0 Å². The van der Waals surface area contributed by atoms with Crippen molar-refractivity contribution in [2.45, 2.75) is 12.8 Å². The summed E-state index contributed by atoms with van der Waals surface area (Å²) in [6.07, 6.45) is 6.08. The summed E-state index contributed by atoms with van der Waals surface area (Å²) in [6.45, 7) is 1.01. The van der Waals surface area contributed by atoms with Crippen molar-refractivity contribution in [3.05, 3.63) is 23.7 Å². The van der Waals surface area contributed by atoms with Crippen molar-refractivity contribution in [1.29, 1.82) is 0 Å². The smallest absolute Gasteiger partial charge is 0.0548 e. The summed E-state index contributed by atoms with van der Waals surface area (Å²) in [5, 5.41) is 2.01. The molecule has 0 aromatic rings. The van der Waals surface area contributed by atoms with Gasteiger partial charge in [-0.05, 0) is 0 Å². The van der Waals surface area contributed by atoms with Crippen molar-refractivity contribution in [3.8, 4) is 0 Å². The summed E-state index contributed by atoms with van der Waals surface area (Å²) >= 11 is 0. The number of hydrazine groups is 1. The van der Waals surface area contributed by atoms with E-state index >= 15 is 0 Å². The fourth-order valence-corrected chi connectivity index (χ4v) is 1.37. The Morgan fingerprint density at radius 3 is 3.30 bits per heavy atom. The molecule has 1 fully saturated rings. The zero-order chi connectivity index (χ0) is 6.97. The molecule has 0 aromatic carbocycles. The van der Waals surface area contributed by atoms with E-state index in [0.717, 1.165) is 25.1 Å². The van der Waals surface area contributed by atoms with E-state index in [4.69, 9.17) is 5.73 Å². The van der Waals surface area contributed by atoms with Gasteiger partial charge in [-0.15, -0.1) is 0 Å². The van der Waals surface area contributed by atoms with E-state index in [1.807, 2.05) is 11.2 Å². The van der Waals surface area contributed by atoms with Crippen LogP contribution in [0.5, 0.6) is 0 Å². The third kappa shape index (κ3) is 0.708. The van der Waals surface area contributed by atoms with Gasteiger partial charge in [0.05, 0.1) is 5.70 Å². The summed E-state index contributed by atoms with van der Waals surface area (Å²) in [5.41, 5.74) is 11.2. The van der Waals surface area contributed by atoms with Crippen LogP contribution in [0, 0.1) is 0 Å². The number of allylic oxidation sites excluding steroid dienone is 1. The van der Waals surface area contributed by atoms with Crippen LogP contribution in [0.4, 0.5) is 0 Å². The number of nitrogens with zero attached hydrogens (tertiary/aromatic N) is 1. The van der Waals surface area contributed by atoms with Crippen LogP contribution in [0.3, 0.4) is 0 Å². The second-order valence-corrected chi connectivity index (χ2v) is 2.59. The number of nitrogens with two attached hydrogens (primary N) is 1. The molecule has 2 rings (SSSR count). The Labute approximate surface area is 60.2 Å². The largest absolute Gasteiger partial charge is 0.400 e. The van der Waals surface area contributed by atoms with Crippen molar-refractivity contribution < 1.29 is 0 Å². The van der Waals surface area contributed by atoms with E-state index < -0.39 is 0 Å². The molecule has 2 aliphatic rings. The second kappa shape index (κ2) is 2.02. The van der Waals surface area contributed by atoms with Gasteiger partial charge in [-0.1, -0.05) is 6.08 Å². The molecule has 2 aliphatic heterocycles. The average molecular weight is 137 g/mol. The highest BCUT2D eigenvalue weighted by Gasteiger charge is 2.18. The lowest BCUT2D eigenvalue weighted by atomic mass is 10.2. The Balaban J connectivity index is 2.30. The molecule has 0 aliphatic carbocycles. The molecule has 3 N–H and O–H groups in total. The van der Waals surface area contributed by atoms with E-state index in [2.05, 4.69) is 11.5 Å². The van der Waals surface area contributed by atoms with E-state index in [0.29, 0.717) is 0 Å². The molecule has 0 unspecified atom stereocenters. The van der Waals surface area contributed by atoms with Gasteiger partial charge in [-0.25, -0.2) is 5.43 Å². The summed E-state index contributed by atoms with van der Waals surface area (Å²) in [4.78, 5) is 0. The Bertz CT molecular complexity index is 205. The van der Waals surface area contributed by atoms with E-state index in [-0.39, 0.29) is 0 Å². The SMILES string of the molecule is NC1=C2CCNN2C=CC1. The number of hydrogen-bond donors (Lipinski definition) is 2. The van der Waals surface area contributed by atoms with Crippen LogP contribution in [0.2, 0.25) is 0 Å². The van der Waals surface area contributed by atoms with Crippen molar-refractivity contribution in [1.82, 2.24) is 10.4 Å². The lowest BCUT2D eigenvalue weighted by molar-refractivity contribution is 0.397. The Morgan fingerprint density at radius 2 is 2.50 bits per heavy atom. The van der Waals surface area contributed by atoms with Gasteiger partial charge in [-0.3, -0.25) is 5.01 Å². The maximum Gasteiger partial charge on any atom is 0.0548 e. The van der Waals surface area contributed by atoms with Gasteiger partial charge in [-0.2, -0.15) is 0 Å². The molecule has 0 bridgehead atoms. The molecule has 0 amide bonds. The molecule has 1 saturated heterocycles. The first-order chi connectivity index (χ1) is 4.88. The monoisotopic (exact) mass is 137 g/mol. The summed E-state index contributed by atoms with van der Waals surface area (Å²) < 4.78 is 0. The molecule has 0 atom stereocenters. The van der Waals surface area contributed by atoms with Crippen molar-refractivity contribution in [3.63, 3.8) is 0 Å². The van der Waals surface area contributed by atoms with E-state index in [1.54, 1.807) is 0 Å². The van der Waals surface area contributed by atoms with Gasteiger partial charge in [0.2, 0.25) is 0 Å². The molecular formula is C7H11N3. The zero-order valence-electron chi connectivity index (χ0n) is 5.80. The molecule has 3 nitrogen and oxygen atoms in total. The van der Waals surface area contributed by atoms with Crippen LogP contribution in [0.15, 0.2) is 23.7 Å². The first-order valence-corrected chi connectivity index (χ1v) is 3.55. The summed E-state index contributed by atoms with van der Waals surface area (Å²) in [6, 6.07) is 0. The minimum atomic E-state index is 0.910. The number of hydrogen-bond acceptors (Lipinski definition) is 3. The van der Waals surface area contributed by atoms with Crippen molar-refractivity contribution in [2.75, 3.05) is 6.54 Å². The van der Waals surface area contributed by atoms with Crippen LogP contribution in [-0.4, -0.2) is 11.6 Å². The van der Waals surface area contributed by atoms with Crippen molar-refractivity contribution in [2.24, 2.45) is 5.73 Å². The lowest BCUT2D eigenvalue weighted by Gasteiger charge is -2.20. The topological polar surface area (TPSA) is 41.3 Å². The van der Waals surface area contributed by atoms with Crippen molar-refractivity contribution >= 4 is 0 Å². The van der Waals surface area contributed by atoms with E-state index in [9.17, 15) is 0 Å². The second-order valence-electron chi connectivity index (χ2n) is 2.59. The molecule has 0 radical (unpaired) electrons. The zero-order valence-corrected chi connectivity index (χ0v) is 5.80.